The smallest absolute Gasteiger partial charge is 0.0167 e. The van der Waals surface area contributed by atoms with Gasteiger partial charge in [-0.15, -0.1) is 0 Å². The van der Waals surface area contributed by atoms with Crippen molar-refractivity contribution in [3.8, 4) is 0 Å². The van der Waals surface area contributed by atoms with Crippen molar-refractivity contribution in [3.63, 3.8) is 0 Å². The van der Waals surface area contributed by atoms with Crippen LogP contribution in [0.5, 0.6) is 0 Å². The molecule has 96 valence electrons. The van der Waals surface area contributed by atoms with Crippen molar-refractivity contribution in [2.45, 2.75) is 79.2 Å². The van der Waals surface area contributed by atoms with Crippen LogP contribution in [0, 0.1) is 16.7 Å². The van der Waals surface area contributed by atoms with Gasteiger partial charge in [0.05, 0.1) is 0 Å². The molecule has 0 aromatic heterocycles. The fraction of sp³-hybridized carbons (Fsp3) is 1.00. The van der Waals surface area contributed by atoms with Crippen LogP contribution in [-0.4, -0.2) is 5.54 Å². The minimum absolute atomic E-state index is 0.0701. The van der Waals surface area contributed by atoms with E-state index in [1.807, 2.05) is 0 Å². The van der Waals surface area contributed by atoms with Crippen molar-refractivity contribution in [1.29, 1.82) is 0 Å². The van der Waals surface area contributed by atoms with Gasteiger partial charge in [-0.2, -0.15) is 0 Å². The summed E-state index contributed by atoms with van der Waals surface area (Å²) in [4.78, 5) is 0. The van der Waals surface area contributed by atoms with Crippen LogP contribution in [0.1, 0.15) is 73.6 Å². The van der Waals surface area contributed by atoms with Crippen molar-refractivity contribution >= 4 is 0 Å². The zero-order valence-electron chi connectivity index (χ0n) is 12.2. The van der Waals surface area contributed by atoms with Crippen LogP contribution in [0.4, 0.5) is 0 Å². The summed E-state index contributed by atoms with van der Waals surface area (Å²) in [5.74, 6) is 0.759. The molecule has 1 heteroatoms. The second-order valence-electron chi connectivity index (χ2n) is 7.94. The Morgan fingerprint density at radius 2 is 1.44 bits per heavy atom. The highest BCUT2D eigenvalue weighted by Crippen LogP contribution is 2.50. The molecule has 0 saturated heterocycles. The summed E-state index contributed by atoms with van der Waals surface area (Å²) in [6.45, 7) is 14.1. The van der Waals surface area contributed by atoms with E-state index in [9.17, 15) is 0 Å². The summed E-state index contributed by atoms with van der Waals surface area (Å²) in [7, 11) is 0. The Labute approximate surface area is 102 Å². The van der Waals surface area contributed by atoms with E-state index in [4.69, 9.17) is 5.73 Å². The molecule has 0 radical (unpaired) electrons. The van der Waals surface area contributed by atoms with Crippen LogP contribution in [0.3, 0.4) is 0 Å². The highest BCUT2D eigenvalue weighted by molar-refractivity contribution is 5.01. The molecule has 1 atom stereocenters. The molecule has 1 aliphatic carbocycles. The molecular weight excluding hydrogens is 194 g/mol. The van der Waals surface area contributed by atoms with E-state index in [-0.39, 0.29) is 5.54 Å². The molecule has 0 aromatic carbocycles. The average Bonchev–Trinajstić information content (AvgIpc) is 1.95. The molecule has 1 nitrogen and oxygen atoms in total. The van der Waals surface area contributed by atoms with Gasteiger partial charge < -0.3 is 5.73 Å². The van der Waals surface area contributed by atoms with Crippen LogP contribution in [-0.2, 0) is 0 Å². The van der Waals surface area contributed by atoms with Crippen molar-refractivity contribution in [1.82, 2.24) is 0 Å². The van der Waals surface area contributed by atoms with Gasteiger partial charge in [0.25, 0.3) is 0 Å². The average molecular weight is 225 g/mol. The maximum absolute atomic E-state index is 6.69. The predicted octanol–water partition coefficient (Wildman–Crippen LogP) is 4.36. The van der Waals surface area contributed by atoms with Crippen LogP contribution in [0.15, 0.2) is 0 Å². The summed E-state index contributed by atoms with van der Waals surface area (Å²) < 4.78 is 0. The predicted molar refractivity (Wildman–Crippen MR) is 72.4 cm³/mol. The lowest BCUT2D eigenvalue weighted by Crippen LogP contribution is -2.52. The Morgan fingerprint density at radius 3 is 1.81 bits per heavy atom. The summed E-state index contributed by atoms with van der Waals surface area (Å²) in [6.07, 6.45) is 6.12. The highest BCUT2D eigenvalue weighted by atomic mass is 14.8. The largest absolute Gasteiger partial charge is 0.325 e. The molecule has 0 bridgehead atoms. The van der Waals surface area contributed by atoms with Gasteiger partial charge in [-0.3, -0.25) is 0 Å². The molecule has 1 saturated carbocycles. The maximum atomic E-state index is 6.69. The Bertz CT molecular complexity index is 224. The first-order valence-electron chi connectivity index (χ1n) is 6.86. The third-order valence-corrected chi connectivity index (χ3v) is 4.07. The molecule has 2 N–H and O–H groups in total. The molecular formula is C15H31N. The molecule has 0 heterocycles. The number of hydrogen-bond acceptors (Lipinski definition) is 1. The second kappa shape index (κ2) is 4.33. The molecule has 0 spiro atoms. The van der Waals surface area contributed by atoms with Gasteiger partial charge in [0.2, 0.25) is 0 Å². The van der Waals surface area contributed by atoms with Crippen molar-refractivity contribution in [2.75, 3.05) is 0 Å². The zero-order chi connectivity index (χ0) is 12.6. The van der Waals surface area contributed by atoms with Crippen molar-refractivity contribution < 1.29 is 0 Å². The molecule has 1 rings (SSSR count). The molecule has 16 heavy (non-hydrogen) atoms. The van der Waals surface area contributed by atoms with E-state index in [1.165, 1.54) is 32.1 Å². The van der Waals surface area contributed by atoms with Crippen molar-refractivity contribution in [3.05, 3.63) is 0 Å². The third-order valence-electron chi connectivity index (χ3n) is 4.07. The van der Waals surface area contributed by atoms with Gasteiger partial charge in [0, 0.05) is 5.54 Å². The summed E-state index contributed by atoms with van der Waals surface area (Å²) in [5.41, 5.74) is 7.57. The lowest BCUT2D eigenvalue weighted by atomic mass is 9.57. The maximum Gasteiger partial charge on any atom is 0.0167 e. The second-order valence-corrected chi connectivity index (χ2v) is 7.94. The Kier molecular flexibility index (Phi) is 3.79. The molecule has 0 aliphatic heterocycles. The number of hydrogen-bond donors (Lipinski definition) is 1. The Morgan fingerprint density at radius 1 is 1.00 bits per heavy atom. The summed E-state index contributed by atoms with van der Waals surface area (Å²) in [6, 6.07) is 0. The minimum atomic E-state index is 0.0701. The lowest BCUT2D eigenvalue weighted by Gasteiger charge is -2.51. The fourth-order valence-electron chi connectivity index (χ4n) is 4.37. The SMILES string of the molecule is CCC(C)CC1(N)CC(C)(C)CC(C)(C)C1. The molecule has 0 aromatic rings. The first-order valence-corrected chi connectivity index (χ1v) is 6.86. The normalized spacial score (nSPS) is 28.7. The van der Waals surface area contributed by atoms with E-state index in [2.05, 4.69) is 41.5 Å². The lowest BCUT2D eigenvalue weighted by molar-refractivity contribution is 0.0371. The van der Waals surface area contributed by atoms with Gasteiger partial charge >= 0.3 is 0 Å². The van der Waals surface area contributed by atoms with Crippen LogP contribution < -0.4 is 5.73 Å². The standard InChI is InChI=1S/C15H31N/c1-7-12(2)8-15(16)10-13(3,4)9-14(5,6)11-15/h12H,7-11,16H2,1-6H3. The molecule has 1 fully saturated rings. The zero-order valence-corrected chi connectivity index (χ0v) is 12.2. The number of rotatable bonds is 3. The third kappa shape index (κ3) is 3.76. The van der Waals surface area contributed by atoms with Crippen LogP contribution in [0.25, 0.3) is 0 Å². The minimum Gasteiger partial charge on any atom is -0.325 e. The first-order chi connectivity index (χ1) is 7.08. The molecule has 1 unspecified atom stereocenters. The molecule has 1 aliphatic rings. The monoisotopic (exact) mass is 225 g/mol. The fourth-order valence-corrected chi connectivity index (χ4v) is 4.37. The quantitative estimate of drug-likeness (QED) is 0.759. The highest BCUT2D eigenvalue weighted by Gasteiger charge is 2.45. The van der Waals surface area contributed by atoms with E-state index >= 15 is 0 Å². The molecule has 0 amide bonds. The summed E-state index contributed by atoms with van der Waals surface area (Å²) >= 11 is 0. The van der Waals surface area contributed by atoms with E-state index < -0.39 is 0 Å². The van der Waals surface area contributed by atoms with Gasteiger partial charge in [0.15, 0.2) is 0 Å². The number of nitrogens with two attached hydrogens (primary N) is 1. The van der Waals surface area contributed by atoms with Gasteiger partial charge in [-0.1, -0.05) is 48.0 Å². The topological polar surface area (TPSA) is 26.0 Å². The first kappa shape index (κ1) is 14.0. The van der Waals surface area contributed by atoms with Crippen LogP contribution >= 0.6 is 0 Å². The summed E-state index contributed by atoms with van der Waals surface area (Å²) in [5, 5.41) is 0. The van der Waals surface area contributed by atoms with E-state index in [1.54, 1.807) is 0 Å². The van der Waals surface area contributed by atoms with Crippen molar-refractivity contribution in [2.24, 2.45) is 22.5 Å². The Balaban J connectivity index is 2.79. The van der Waals surface area contributed by atoms with Gasteiger partial charge in [0.1, 0.15) is 0 Å². The Hall–Kier alpha value is -0.0400. The van der Waals surface area contributed by atoms with E-state index in [0.29, 0.717) is 10.8 Å². The van der Waals surface area contributed by atoms with Gasteiger partial charge in [-0.25, -0.2) is 0 Å². The van der Waals surface area contributed by atoms with Crippen LogP contribution in [0.2, 0.25) is 0 Å². The van der Waals surface area contributed by atoms with E-state index in [0.717, 1.165) is 5.92 Å². The van der Waals surface area contributed by atoms with Gasteiger partial charge in [-0.05, 0) is 42.4 Å².